The van der Waals surface area contributed by atoms with E-state index in [9.17, 15) is 18.0 Å². The molecule has 1 rings (SSSR count). The van der Waals surface area contributed by atoms with Gasteiger partial charge in [-0.05, 0) is 49.9 Å². The number of aryl methyl sites for hydroxylation is 1. The molecule has 0 fully saturated rings. The van der Waals surface area contributed by atoms with Gasteiger partial charge in [-0.15, -0.1) is 0 Å². The monoisotopic (exact) mass is 356 g/mol. The maximum Gasteiger partial charge on any atom is 0.303 e. The zero-order chi connectivity index (χ0) is 18.3. The Kier molecular flexibility index (Phi) is 7.37. The summed E-state index contributed by atoms with van der Waals surface area (Å²) in [6, 6.07) is 2.92. The number of amides is 1. The molecule has 1 aromatic carbocycles. The summed E-state index contributed by atoms with van der Waals surface area (Å²) in [6.45, 7) is 3.82. The van der Waals surface area contributed by atoms with Gasteiger partial charge in [0, 0.05) is 18.5 Å². The number of hydrogen-bond acceptors (Lipinski definition) is 4. The zero-order valence-electron chi connectivity index (χ0n) is 14.0. The zero-order valence-corrected chi connectivity index (χ0v) is 14.8. The smallest absolute Gasteiger partial charge is 0.303 e. The molecule has 0 bridgehead atoms. The van der Waals surface area contributed by atoms with Crippen LogP contribution < -0.4 is 10.5 Å². The van der Waals surface area contributed by atoms with Gasteiger partial charge in [0.15, 0.2) is 0 Å². The van der Waals surface area contributed by atoms with Gasteiger partial charge >= 0.3 is 5.97 Å². The van der Waals surface area contributed by atoms with Gasteiger partial charge in [0.1, 0.15) is 0 Å². The minimum atomic E-state index is -3.88. The molecule has 0 spiro atoms. The van der Waals surface area contributed by atoms with Crippen molar-refractivity contribution in [3.05, 3.63) is 28.8 Å². The number of carbonyl (C=O) groups is 2. The summed E-state index contributed by atoms with van der Waals surface area (Å²) in [5.74, 6) is -1.16. The van der Waals surface area contributed by atoms with Gasteiger partial charge in [0.05, 0.1) is 4.90 Å². The normalized spacial score (nSPS) is 11.3. The third kappa shape index (κ3) is 6.29. The lowest BCUT2D eigenvalue weighted by atomic mass is 10.1. The van der Waals surface area contributed by atoms with Crippen molar-refractivity contribution < 1.29 is 23.1 Å². The van der Waals surface area contributed by atoms with Crippen molar-refractivity contribution in [3.8, 4) is 0 Å². The van der Waals surface area contributed by atoms with E-state index in [1.165, 1.54) is 6.07 Å². The van der Waals surface area contributed by atoms with Gasteiger partial charge in [-0.3, -0.25) is 9.59 Å². The minimum Gasteiger partial charge on any atom is -0.481 e. The van der Waals surface area contributed by atoms with E-state index in [2.05, 4.69) is 5.32 Å². The number of unbranched alkanes of at least 4 members (excludes halogenated alkanes) is 3. The fourth-order valence-electron chi connectivity index (χ4n) is 2.31. The van der Waals surface area contributed by atoms with Crippen molar-refractivity contribution >= 4 is 21.9 Å². The molecule has 0 unspecified atom stereocenters. The molecule has 0 radical (unpaired) electrons. The van der Waals surface area contributed by atoms with Crippen LogP contribution in [0, 0.1) is 13.8 Å². The predicted molar refractivity (Wildman–Crippen MR) is 90.3 cm³/mol. The first-order valence-corrected chi connectivity index (χ1v) is 9.31. The quantitative estimate of drug-likeness (QED) is 0.581. The molecule has 1 amide bonds. The summed E-state index contributed by atoms with van der Waals surface area (Å²) in [7, 11) is -3.88. The number of nitrogens with two attached hydrogens (primary N) is 1. The SMILES string of the molecule is Cc1cc(C(=O)NCCCCCCC(=O)O)cc(S(N)(=O)=O)c1C. The number of hydrogen-bond donors (Lipinski definition) is 3. The number of aliphatic carboxylic acids is 1. The molecular formula is C16H24N2O5S. The van der Waals surface area contributed by atoms with Crippen LogP contribution in [0.2, 0.25) is 0 Å². The first-order valence-electron chi connectivity index (χ1n) is 7.77. The number of primary sulfonamides is 1. The van der Waals surface area contributed by atoms with E-state index in [0.29, 0.717) is 24.1 Å². The van der Waals surface area contributed by atoms with Crippen LogP contribution in [0.15, 0.2) is 17.0 Å². The molecule has 1 aromatic rings. The summed E-state index contributed by atoms with van der Waals surface area (Å²) in [5, 5.41) is 16.4. The second-order valence-corrected chi connectivity index (χ2v) is 7.30. The van der Waals surface area contributed by atoms with Crippen LogP contribution in [0.1, 0.15) is 53.6 Å². The minimum absolute atomic E-state index is 0.0404. The lowest BCUT2D eigenvalue weighted by Crippen LogP contribution is -2.25. The first-order chi connectivity index (χ1) is 11.1. The fraction of sp³-hybridized carbons (Fsp3) is 0.500. The Balaban J connectivity index is 2.57. The van der Waals surface area contributed by atoms with Crippen molar-refractivity contribution in [2.75, 3.05) is 6.54 Å². The number of carboxylic acid groups (broad SMARTS) is 1. The first kappa shape index (κ1) is 20.1. The molecule has 0 heterocycles. The summed E-state index contributed by atoms with van der Waals surface area (Å²) in [5.41, 5.74) is 1.47. The molecule has 0 aromatic heterocycles. The molecule has 8 heteroatoms. The summed E-state index contributed by atoms with van der Waals surface area (Å²) >= 11 is 0. The molecule has 0 atom stereocenters. The van der Waals surface area contributed by atoms with Crippen LogP contribution >= 0.6 is 0 Å². The summed E-state index contributed by atoms with van der Waals surface area (Å²) < 4.78 is 23.2. The number of rotatable bonds is 9. The van der Waals surface area contributed by atoms with E-state index in [1.807, 2.05) is 0 Å². The Bertz CT molecular complexity index is 713. The maximum absolute atomic E-state index is 12.1. The van der Waals surface area contributed by atoms with Crippen molar-refractivity contribution in [2.24, 2.45) is 5.14 Å². The lowest BCUT2D eigenvalue weighted by molar-refractivity contribution is -0.137. The average molecular weight is 356 g/mol. The van der Waals surface area contributed by atoms with Crippen LogP contribution in [0.4, 0.5) is 0 Å². The number of benzene rings is 1. The number of carboxylic acids is 1. The highest BCUT2D eigenvalue weighted by molar-refractivity contribution is 7.89. The van der Waals surface area contributed by atoms with Crippen LogP contribution in [0.3, 0.4) is 0 Å². The average Bonchev–Trinajstić information content (AvgIpc) is 2.47. The van der Waals surface area contributed by atoms with E-state index in [4.69, 9.17) is 10.2 Å². The molecule has 0 saturated carbocycles. The van der Waals surface area contributed by atoms with E-state index >= 15 is 0 Å². The van der Waals surface area contributed by atoms with Crippen molar-refractivity contribution in [1.82, 2.24) is 5.32 Å². The Labute approximate surface area is 142 Å². The number of sulfonamides is 1. The Morgan fingerprint density at radius 3 is 2.33 bits per heavy atom. The Morgan fingerprint density at radius 2 is 1.75 bits per heavy atom. The Hall–Kier alpha value is -1.93. The van der Waals surface area contributed by atoms with E-state index in [0.717, 1.165) is 19.3 Å². The Morgan fingerprint density at radius 1 is 1.12 bits per heavy atom. The van der Waals surface area contributed by atoms with Gasteiger partial charge < -0.3 is 10.4 Å². The maximum atomic E-state index is 12.1. The standard InChI is InChI=1S/C16H24N2O5S/c1-11-9-13(10-14(12(11)2)24(17,22)23)16(21)18-8-6-4-3-5-7-15(19)20/h9-10H,3-8H2,1-2H3,(H,18,21)(H,19,20)(H2,17,22,23). The molecule has 0 saturated heterocycles. The van der Waals surface area contributed by atoms with E-state index in [1.54, 1.807) is 19.9 Å². The third-order valence-electron chi connectivity index (χ3n) is 3.79. The highest BCUT2D eigenvalue weighted by Gasteiger charge is 2.17. The second-order valence-electron chi connectivity index (χ2n) is 5.78. The number of nitrogens with one attached hydrogen (secondary N) is 1. The van der Waals surface area contributed by atoms with Crippen molar-refractivity contribution in [1.29, 1.82) is 0 Å². The van der Waals surface area contributed by atoms with E-state index in [-0.39, 0.29) is 22.8 Å². The molecule has 0 aliphatic heterocycles. The highest BCUT2D eigenvalue weighted by Crippen LogP contribution is 2.20. The molecule has 0 aliphatic rings. The van der Waals surface area contributed by atoms with Gasteiger partial charge in [-0.2, -0.15) is 0 Å². The number of carbonyl (C=O) groups excluding carboxylic acids is 1. The third-order valence-corrected chi connectivity index (χ3v) is 4.83. The van der Waals surface area contributed by atoms with Crippen LogP contribution in [0.5, 0.6) is 0 Å². The molecule has 7 nitrogen and oxygen atoms in total. The van der Waals surface area contributed by atoms with Gasteiger partial charge in [-0.1, -0.05) is 12.8 Å². The van der Waals surface area contributed by atoms with Crippen molar-refractivity contribution in [2.45, 2.75) is 50.8 Å². The van der Waals surface area contributed by atoms with Crippen molar-refractivity contribution in [3.63, 3.8) is 0 Å². The van der Waals surface area contributed by atoms with E-state index < -0.39 is 16.0 Å². The molecular weight excluding hydrogens is 332 g/mol. The van der Waals surface area contributed by atoms with Gasteiger partial charge in [0.25, 0.3) is 5.91 Å². The molecule has 24 heavy (non-hydrogen) atoms. The molecule has 0 aliphatic carbocycles. The largest absolute Gasteiger partial charge is 0.481 e. The lowest BCUT2D eigenvalue weighted by Gasteiger charge is -2.11. The summed E-state index contributed by atoms with van der Waals surface area (Å²) in [4.78, 5) is 22.5. The molecule has 134 valence electrons. The predicted octanol–water partition coefficient (Wildman–Crippen LogP) is 1.72. The van der Waals surface area contributed by atoms with Crippen LogP contribution in [-0.2, 0) is 14.8 Å². The van der Waals surface area contributed by atoms with Gasteiger partial charge in [0.2, 0.25) is 10.0 Å². The second kappa shape index (κ2) is 8.79. The summed E-state index contributed by atoms with van der Waals surface area (Å²) in [6.07, 6.45) is 3.13. The topological polar surface area (TPSA) is 127 Å². The fourth-order valence-corrected chi connectivity index (χ4v) is 3.19. The molecule has 4 N–H and O–H groups in total. The van der Waals surface area contributed by atoms with Crippen LogP contribution in [-0.4, -0.2) is 31.9 Å². The highest BCUT2D eigenvalue weighted by atomic mass is 32.2. The van der Waals surface area contributed by atoms with Gasteiger partial charge in [-0.25, -0.2) is 13.6 Å². The van der Waals surface area contributed by atoms with Crippen LogP contribution in [0.25, 0.3) is 0 Å².